The van der Waals surface area contributed by atoms with Gasteiger partial charge in [-0.05, 0) is 62.7 Å². The van der Waals surface area contributed by atoms with Crippen molar-refractivity contribution in [2.75, 3.05) is 5.32 Å². The van der Waals surface area contributed by atoms with Gasteiger partial charge in [-0.3, -0.25) is 4.99 Å². The van der Waals surface area contributed by atoms with E-state index in [0.29, 0.717) is 0 Å². The number of furan rings is 1. The quantitative estimate of drug-likeness (QED) is 0.211. The predicted molar refractivity (Wildman–Crippen MR) is 204 cm³/mol. The highest BCUT2D eigenvalue weighted by atomic mass is 16.3. The van der Waals surface area contributed by atoms with E-state index in [1.54, 1.807) is 0 Å². The van der Waals surface area contributed by atoms with Crippen LogP contribution in [0.15, 0.2) is 179 Å². The van der Waals surface area contributed by atoms with Gasteiger partial charge in [-0.25, -0.2) is 0 Å². The van der Waals surface area contributed by atoms with Gasteiger partial charge in [-0.2, -0.15) is 0 Å². The zero-order valence-corrected chi connectivity index (χ0v) is 26.6. The van der Waals surface area contributed by atoms with Crippen molar-refractivity contribution in [2.45, 2.75) is 6.17 Å². The van der Waals surface area contributed by atoms with E-state index in [9.17, 15) is 0 Å². The van der Waals surface area contributed by atoms with Gasteiger partial charge in [0.15, 0.2) is 0 Å². The molecule has 1 aliphatic heterocycles. The number of nitrogens with zero attached hydrogens (tertiary/aromatic N) is 1. The van der Waals surface area contributed by atoms with Crippen LogP contribution in [-0.4, -0.2) is 5.71 Å². The Kier molecular flexibility index (Phi) is 6.25. The zero-order valence-electron chi connectivity index (χ0n) is 26.6. The third-order valence-corrected chi connectivity index (χ3v) is 9.88. The molecule has 1 aromatic heterocycles. The highest BCUT2D eigenvalue weighted by molar-refractivity contribution is 6.19. The average molecular weight is 627 g/mol. The van der Waals surface area contributed by atoms with E-state index in [0.717, 1.165) is 55.4 Å². The molecule has 0 saturated carbocycles. The second-order valence-corrected chi connectivity index (χ2v) is 12.8. The van der Waals surface area contributed by atoms with E-state index >= 15 is 0 Å². The largest absolute Gasteiger partial charge is 0.455 e. The van der Waals surface area contributed by atoms with E-state index in [4.69, 9.17) is 9.41 Å². The Balaban J connectivity index is 1.06. The lowest BCUT2D eigenvalue weighted by Crippen LogP contribution is -2.20. The second kappa shape index (κ2) is 11.1. The Morgan fingerprint density at radius 2 is 1.16 bits per heavy atom. The van der Waals surface area contributed by atoms with Crippen LogP contribution in [0.4, 0.5) is 5.69 Å². The molecule has 0 radical (unpaired) electrons. The van der Waals surface area contributed by atoms with Crippen LogP contribution < -0.4 is 5.32 Å². The fourth-order valence-electron chi connectivity index (χ4n) is 7.41. The number of benzene rings is 8. The molecule has 8 aromatic carbocycles. The van der Waals surface area contributed by atoms with Gasteiger partial charge in [0, 0.05) is 38.5 Å². The second-order valence-electron chi connectivity index (χ2n) is 12.8. The molecule has 49 heavy (non-hydrogen) atoms. The number of anilines is 1. The minimum absolute atomic E-state index is 0.265. The third-order valence-electron chi connectivity index (χ3n) is 9.88. The van der Waals surface area contributed by atoms with Crippen LogP contribution in [0.5, 0.6) is 0 Å². The molecule has 1 unspecified atom stereocenters. The Hall–Kier alpha value is -6.45. The van der Waals surface area contributed by atoms with Crippen LogP contribution in [0.1, 0.15) is 22.9 Å². The van der Waals surface area contributed by atoms with E-state index in [1.165, 1.54) is 38.4 Å². The molecular formula is C46H30N2O. The molecule has 0 bridgehead atoms. The molecule has 1 atom stereocenters. The van der Waals surface area contributed by atoms with Crippen LogP contribution in [0.25, 0.3) is 65.7 Å². The molecule has 1 aliphatic rings. The summed E-state index contributed by atoms with van der Waals surface area (Å²) in [6, 6.07) is 60.3. The van der Waals surface area contributed by atoms with Gasteiger partial charge < -0.3 is 9.73 Å². The van der Waals surface area contributed by atoms with Crippen molar-refractivity contribution in [1.29, 1.82) is 0 Å². The zero-order chi connectivity index (χ0) is 32.3. The number of fused-ring (bicyclic) bond motifs is 7. The number of rotatable bonds is 4. The van der Waals surface area contributed by atoms with Crippen LogP contribution in [0, 0.1) is 0 Å². The Morgan fingerprint density at radius 1 is 0.449 bits per heavy atom. The van der Waals surface area contributed by atoms with E-state index < -0.39 is 0 Å². The van der Waals surface area contributed by atoms with Crippen LogP contribution >= 0.6 is 0 Å². The maximum absolute atomic E-state index is 6.67. The molecule has 3 nitrogen and oxygen atoms in total. The standard InChI is InChI=1S/C46H30N2O/c1-2-11-31(12-3-1)40-28-41-37-25-24-35(27-43(37)49-45(41)38-15-7-6-14-36(38)40)46-47-42-17-9-8-16-39(42)44(48-46)32-21-18-30(19-22-32)34-23-20-29-10-4-5-13-33(29)26-34/h1-28,46-47H. The summed E-state index contributed by atoms with van der Waals surface area (Å²) in [5, 5.41) is 10.7. The minimum Gasteiger partial charge on any atom is -0.455 e. The molecule has 0 saturated heterocycles. The van der Waals surface area contributed by atoms with Gasteiger partial charge in [0.1, 0.15) is 17.3 Å². The normalized spacial score (nSPS) is 14.2. The molecule has 1 N–H and O–H groups in total. The summed E-state index contributed by atoms with van der Waals surface area (Å²) >= 11 is 0. The number of hydrogen-bond donors (Lipinski definition) is 1. The summed E-state index contributed by atoms with van der Waals surface area (Å²) in [5.74, 6) is 0. The first-order valence-corrected chi connectivity index (χ1v) is 16.7. The first kappa shape index (κ1) is 27.6. The van der Waals surface area contributed by atoms with Crippen LogP contribution in [-0.2, 0) is 0 Å². The van der Waals surface area contributed by atoms with Gasteiger partial charge in [-0.15, -0.1) is 0 Å². The van der Waals surface area contributed by atoms with Gasteiger partial charge in [0.2, 0.25) is 0 Å². The molecule has 9 aromatic rings. The Morgan fingerprint density at radius 3 is 2.04 bits per heavy atom. The first-order chi connectivity index (χ1) is 24.3. The number of aliphatic imine (C=N–C) groups is 1. The summed E-state index contributed by atoms with van der Waals surface area (Å²) in [6.07, 6.45) is -0.265. The summed E-state index contributed by atoms with van der Waals surface area (Å²) < 4.78 is 6.67. The van der Waals surface area contributed by atoms with Gasteiger partial charge in [0.05, 0.1) is 5.71 Å². The highest BCUT2D eigenvalue weighted by Crippen LogP contribution is 2.41. The molecule has 3 heteroatoms. The number of hydrogen-bond acceptors (Lipinski definition) is 3. The van der Waals surface area contributed by atoms with Gasteiger partial charge in [-0.1, -0.05) is 146 Å². The molecular weight excluding hydrogens is 597 g/mol. The van der Waals surface area contributed by atoms with Crippen molar-refractivity contribution in [1.82, 2.24) is 0 Å². The molecule has 0 spiro atoms. The van der Waals surface area contributed by atoms with Crippen molar-refractivity contribution >= 4 is 54.9 Å². The number of nitrogens with one attached hydrogen (secondary N) is 1. The minimum atomic E-state index is -0.265. The highest BCUT2D eigenvalue weighted by Gasteiger charge is 2.24. The maximum atomic E-state index is 6.67. The monoisotopic (exact) mass is 626 g/mol. The van der Waals surface area contributed by atoms with Crippen molar-refractivity contribution in [2.24, 2.45) is 4.99 Å². The fourth-order valence-corrected chi connectivity index (χ4v) is 7.41. The summed E-state index contributed by atoms with van der Waals surface area (Å²) in [5.41, 5.74) is 11.9. The van der Waals surface area contributed by atoms with Crippen LogP contribution in [0.2, 0.25) is 0 Å². The van der Waals surface area contributed by atoms with E-state index in [1.807, 2.05) is 0 Å². The lowest BCUT2D eigenvalue weighted by Gasteiger charge is -2.26. The Bertz CT molecular complexity index is 2740. The summed E-state index contributed by atoms with van der Waals surface area (Å²) in [6.45, 7) is 0. The van der Waals surface area contributed by atoms with Crippen molar-refractivity contribution in [3.8, 4) is 22.3 Å². The van der Waals surface area contributed by atoms with Crippen molar-refractivity contribution < 1.29 is 4.42 Å². The molecule has 2 heterocycles. The van der Waals surface area contributed by atoms with E-state index in [-0.39, 0.29) is 6.17 Å². The fraction of sp³-hybridized carbons (Fsp3) is 0.0217. The smallest absolute Gasteiger partial charge is 0.145 e. The van der Waals surface area contributed by atoms with Gasteiger partial charge >= 0.3 is 0 Å². The third kappa shape index (κ3) is 4.62. The molecule has 0 amide bonds. The SMILES string of the molecule is c1ccc(-c2cc3c4ccc(C5N=C(c6ccc(-c7ccc8ccccc8c7)cc6)c6ccccc6N5)cc4oc3c3ccccc23)cc1. The molecule has 230 valence electrons. The maximum Gasteiger partial charge on any atom is 0.145 e. The first-order valence-electron chi connectivity index (χ1n) is 16.7. The molecule has 0 fully saturated rings. The van der Waals surface area contributed by atoms with Crippen LogP contribution in [0.3, 0.4) is 0 Å². The lowest BCUT2D eigenvalue weighted by molar-refractivity contribution is 0.670. The van der Waals surface area contributed by atoms with E-state index in [2.05, 4.69) is 175 Å². The van der Waals surface area contributed by atoms with Gasteiger partial charge in [0.25, 0.3) is 0 Å². The molecule has 0 aliphatic carbocycles. The summed E-state index contributed by atoms with van der Waals surface area (Å²) in [7, 11) is 0. The topological polar surface area (TPSA) is 37.5 Å². The predicted octanol–water partition coefficient (Wildman–Crippen LogP) is 12.2. The average Bonchev–Trinajstić information content (AvgIpc) is 3.55. The van der Waals surface area contributed by atoms with Crippen molar-refractivity contribution in [3.05, 3.63) is 187 Å². The summed E-state index contributed by atoms with van der Waals surface area (Å²) in [4.78, 5) is 5.34. The lowest BCUT2D eigenvalue weighted by atomic mass is 9.94. The number of para-hydroxylation sites is 1. The Labute approximate surface area is 283 Å². The molecule has 10 rings (SSSR count). The van der Waals surface area contributed by atoms with Crippen molar-refractivity contribution in [3.63, 3.8) is 0 Å².